The van der Waals surface area contributed by atoms with Gasteiger partial charge >= 0.3 is 0 Å². The standard InChI is InChI=1S/C19H16ClN3O4/c20-12-6-2-1-5-11(12)17-18(26-10-15(24)23-17)19(25)21-9-16-22-13-7-3-4-8-14(13)27-16/h1-8,17-18H,9-10H2,(H,21,25)(H,23,24)/t17-,18+/m1/s1. The fourth-order valence-corrected chi connectivity index (χ4v) is 3.26. The average Bonchev–Trinajstić information content (AvgIpc) is 3.09. The molecule has 0 spiro atoms. The number of halogens is 1. The SMILES string of the molecule is O=C1CO[C@H](C(=O)NCc2nc3ccccc3o2)[C@@H](c2ccccc2Cl)N1. The van der Waals surface area contributed by atoms with E-state index in [0.717, 1.165) is 5.52 Å². The lowest BCUT2D eigenvalue weighted by molar-refractivity contribution is -0.148. The number of morpholine rings is 1. The molecule has 1 aromatic heterocycles. The molecule has 0 saturated carbocycles. The Morgan fingerprint density at radius 1 is 1.22 bits per heavy atom. The molecule has 0 unspecified atom stereocenters. The Kier molecular flexibility index (Phi) is 4.79. The molecule has 2 aromatic carbocycles. The highest BCUT2D eigenvalue weighted by molar-refractivity contribution is 6.31. The van der Waals surface area contributed by atoms with Crippen molar-refractivity contribution < 1.29 is 18.7 Å². The van der Waals surface area contributed by atoms with Gasteiger partial charge < -0.3 is 19.8 Å². The molecule has 4 rings (SSSR count). The maximum Gasteiger partial charge on any atom is 0.252 e. The van der Waals surface area contributed by atoms with Crippen LogP contribution in [0.2, 0.25) is 5.02 Å². The van der Waals surface area contributed by atoms with Crippen LogP contribution >= 0.6 is 11.6 Å². The van der Waals surface area contributed by atoms with E-state index in [9.17, 15) is 9.59 Å². The van der Waals surface area contributed by atoms with Crippen LogP contribution in [0.4, 0.5) is 0 Å². The summed E-state index contributed by atoms with van der Waals surface area (Å²) in [5.74, 6) is -0.302. The number of hydrogen-bond donors (Lipinski definition) is 2. The van der Waals surface area contributed by atoms with E-state index in [1.54, 1.807) is 30.3 Å². The van der Waals surface area contributed by atoms with Crippen LogP contribution in [0.25, 0.3) is 11.1 Å². The monoisotopic (exact) mass is 385 g/mol. The third-order valence-electron chi connectivity index (χ3n) is 4.26. The van der Waals surface area contributed by atoms with E-state index < -0.39 is 12.1 Å². The van der Waals surface area contributed by atoms with Crippen LogP contribution in [0.5, 0.6) is 0 Å². The van der Waals surface area contributed by atoms with Gasteiger partial charge in [0.1, 0.15) is 12.1 Å². The molecule has 1 aliphatic heterocycles. The molecule has 3 aromatic rings. The number of oxazole rings is 1. The van der Waals surface area contributed by atoms with Gasteiger partial charge in [-0.25, -0.2) is 4.98 Å². The van der Waals surface area contributed by atoms with Gasteiger partial charge in [0.25, 0.3) is 5.91 Å². The van der Waals surface area contributed by atoms with Crippen molar-refractivity contribution in [2.24, 2.45) is 0 Å². The number of aromatic nitrogens is 1. The number of hydrogen-bond acceptors (Lipinski definition) is 5. The lowest BCUT2D eigenvalue weighted by atomic mass is 9.99. The number of nitrogens with zero attached hydrogens (tertiary/aromatic N) is 1. The molecule has 27 heavy (non-hydrogen) atoms. The van der Waals surface area contributed by atoms with Gasteiger partial charge in [0.2, 0.25) is 11.8 Å². The number of ether oxygens (including phenoxy) is 1. The molecule has 2 amide bonds. The number of para-hydroxylation sites is 2. The van der Waals surface area contributed by atoms with E-state index in [4.69, 9.17) is 20.8 Å². The van der Waals surface area contributed by atoms with Crippen molar-refractivity contribution >= 4 is 34.5 Å². The third kappa shape index (κ3) is 3.65. The topological polar surface area (TPSA) is 93.5 Å². The van der Waals surface area contributed by atoms with Crippen molar-refractivity contribution in [2.45, 2.75) is 18.7 Å². The van der Waals surface area contributed by atoms with Crippen LogP contribution in [0.3, 0.4) is 0 Å². The zero-order valence-electron chi connectivity index (χ0n) is 14.1. The summed E-state index contributed by atoms with van der Waals surface area (Å²) < 4.78 is 11.1. The Hall–Kier alpha value is -2.90. The number of carbonyl (C=O) groups is 2. The highest BCUT2D eigenvalue weighted by Crippen LogP contribution is 2.28. The lowest BCUT2D eigenvalue weighted by Crippen LogP contribution is -2.52. The number of amides is 2. The minimum absolute atomic E-state index is 0.108. The Balaban J connectivity index is 1.50. The summed E-state index contributed by atoms with van der Waals surface area (Å²) in [6.45, 7) is -0.0848. The molecule has 1 fully saturated rings. The van der Waals surface area contributed by atoms with Gasteiger partial charge in [-0.05, 0) is 23.8 Å². The van der Waals surface area contributed by atoms with E-state index in [2.05, 4.69) is 15.6 Å². The second kappa shape index (κ2) is 7.38. The van der Waals surface area contributed by atoms with Crippen molar-refractivity contribution in [3.8, 4) is 0 Å². The predicted molar refractivity (Wildman–Crippen MR) is 97.9 cm³/mol. The molecule has 0 aliphatic carbocycles. The first-order valence-corrected chi connectivity index (χ1v) is 8.77. The number of nitrogens with one attached hydrogen (secondary N) is 2. The van der Waals surface area contributed by atoms with E-state index in [1.165, 1.54) is 0 Å². The zero-order valence-corrected chi connectivity index (χ0v) is 14.9. The molecule has 1 aliphatic rings. The van der Waals surface area contributed by atoms with Crippen molar-refractivity contribution in [1.29, 1.82) is 0 Å². The van der Waals surface area contributed by atoms with Crippen molar-refractivity contribution in [3.05, 3.63) is 65.0 Å². The summed E-state index contributed by atoms with van der Waals surface area (Å²) in [7, 11) is 0. The molecule has 2 heterocycles. The normalized spacial score (nSPS) is 19.7. The fourth-order valence-electron chi connectivity index (χ4n) is 3.01. The van der Waals surface area contributed by atoms with Crippen LogP contribution < -0.4 is 10.6 Å². The molecule has 1 saturated heterocycles. The number of rotatable bonds is 4. The molecule has 0 bridgehead atoms. The van der Waals surface area contributed by atoms with E-state index in [0.29, 0.717) is 22.1 Å². The van der Waals surface area contributed by atoms with Gasteiger partial charge in [-0.15, -0.1) is 0 Å². The van der Waals surface area contributed by atoms with Crippen LogP contribution in [0.1, 0.15) is 17.5 Å². The van der Waals surface area contributed by atoms with Gasteiger partial charge in [-0.3, -0.25) is 9.59 Å². The molecular formula is C19H16ClN3O4. The molecule has 0 radical (unpaired) electrons. The Labute approximate surface area is 159 Å². The molecule has 2 atom stereocenters. The summed E-state index contributed by atoms with van der Waals surface area (Å²) in [4.78, 5) is 28.8. The predicted octanol–water partition coefficient (Wildman–Crippen LogP) is 2.35. The minimum Gasteiger partial charge on any atom is -0.439 e. The maximum atomic E-state index is 12.7. The summed E-state index contributed by atoms with van der Waals surface area (Å²) in [6.07, 6.45) is -0.910. The Morgan fingerprint density at radius 2 is 2.00 bits per heavy atom. The summed E-state index contributed by atoms with van der Waals surface area (Å²) in [5, 5.41) is 5.97. The van der Waals surface area contributed by atoms with E-state index in [-0.39, 0.29) is 25.0 Å². The summed E-state index contributed by atoms with van der Waals surface area (Å²) >= 11 is 6.23. The smallest absolute Gasteiger partial charge is 0.252 e. The van der Waals surface area contributed by atoms with Crippen molar-refractivity contribution in [2.75, 3.05) is 6.61 Å². The Morgan fingerprint density at radius 3 is 2.81 bits per heavy atom. The minimum atomic E-state index is -0.910. The van der Waals surface area contributed by atoms with Crippen LogP contribution in [-0.2, 0) is 20.9 Å². The van der Waals surface area contributed by atoms with E-state index >= 15 is 0 Å². The maximum absolute atomic E-state index is 12.7. The highest BCUT2D eigenvalue weighted by atomic mass is 35.5. The molecule has 8 heteroatoms. The van der Waals surface area contributed by atoms with E-state index in [1.807, 2.05) is 18.2 Å². The second-order valence-electron chi connectivity index (χ2n) is 6.09. The quantitative estimate of drug-likeness (QED) is 0.719. The van der Waals surface area contributed by atoms with Crippen LogP contribution in [-0.4, -0.2) is 29.5 Å². The Bertz CT molecular complexity index is 970. The lowest BCUT2D eigenvalue weighted by Gasteiger charge is -2.32. The molecule has 138 valence electrons. The first-order valence-electron chi connectivity index (χ1n) is 8.39. The van der Waals surface area contributed by atoms with Crippen LogP contribution in [0.15, 0.2) is 52.9 Å². The van der Waals surface area contributed by atoms with Gasteiger partial charge in [-0.1, -0.05) is 41.9 Å². The number of carbonyl (C=O) groups excluding carboxylic acids is 2. The first kappa shape index (κ1) is 17.5. The number of benzene rings is 2. The van der Waals surface area contributed by atoms with Gasteiger partial charge in [0, 0.05) is 5.02 Å². The second-order valence-corrected chi connectivity index (χ2v) is 6.50. The largest absolute Gasteiger partial charge is 0.439 e. The van der Waals surface area contributed by atoms with Crippen molar-refractivity contribution in [1.82, 2.24) is 15.6 Å². The van der Waals surface area contributed by atoms with Gasteiger partial charge in [0.15, 0.2) is 11.7 Å². The molecule has 7 nitrogen and oxygen atoms in total. The van der Waals surface area contributed by atoms with Crippen LogP contribution in [0, 0.1) is 0 Å². The molecular weight excluding hydrogens is 370 g/mol. The van der Waals surface area contributed by atoms with Gasteiger partial charge in [-0.2, -0.15) is 0 Å². The highest BCUT2D eigenvalue weighted by Gasteiger charge is 2.37. The molecule has 2 N–H and O–H groups in total. The first-order chi connectivity index (χ1) is 13.1. The summed E-state index contributed by atoms with van der Waals surface area (Å²) in [5.41, 5.74) is 1.99. The third-order valence-corrected chi connectivity index (χ3v) is 4.61. The van der Waals surface area contributed by atoms with Gasteiger partial charge in [0.05, 0.1) is 12.6 Å². The summed E-state index contributed by atoms with van der Waals surface area (Å²) in [6, 6.07) is 13.7. The number of fused-ring (bicyclic) bond motifs is 1. The fraction of sp³-hybridized carbons (Fsp3) is 0.211. The zero-order chi connectivity index (χ0) is 18.8. The van der Waals surface area contributed by atoms with Crippen molar-refractivity contribution in [3.63, 3.8) is 0 Å². The average molecular weight is 386 g/mol.